The number of carboxylic acids is 1. The quantitative estimate of drug-likeness (QED) is 0.796. The lowest BCUT2D eigenvalue weighted by Gasteiger charge is -2.15. The predicted molar refractivity (Wildman–Crippen MR) is 56.1 cm³/mol. The molecule has 14 heavy (non-hydrogen) atoms. The van der Waals surface area contributed by atoms with E-state index in [0.29, 0.717) is 6.42 Å². The molecule has 1 rings (SSSR count). The summed E-state index contributed by atoms with van der Waals surface area (Å²) in [5, 5.41) is 9.00. The zero-order chi connectivity index (χ0) is 10.6. The highest BCUT2D eigenvalue weighted by molar-refractivity contribution is 5.70. The van der Waals surface area contributed by atoms with Crippen LogP contribution in [0.15, 0.2) is 30.3 Å². The van der Waals surface area contributed by atoms with E-state index >= 15 is 0 Å². The van der Waals surface area contributed by atoms with Crippen molar-refractivity contribution in [2.24, 2.45) is 11.8 Å². The van der Waals surface area contributed by atoms with Crippen LogP contribution in [0.5, 0.6) is 0 Å². The number of carbonyl (C=O) groups is 1. The molecule has 0 saturated carbocycles. The highest BCUT2D eigenvalue weighted by atomic mass is 16.4. The molecule has 0 aliphatic heterocycles. The second kappa shape index (κ2) is 4.80. The summed E-state index contributed by atoms with van der Waals surface area (Å²) in [4.78, 5) is 10.9. The van der Waals surface area contributed by atoms with E-state index in [2.05, 4.69) is 0 Å². The average molecular weight is 192 g/mol. The van der Waals surface area contributed by atoms with E-state index in [9.17, 15) is 4.79 Å². The Morgan fingerprint density at radius 1 is 1.29 bits per heavy atom. The first-order valence-corrected chi connectivity index (χ1v) is 4.88. The monoisotopic (exact) mass is 192 g/mol. The molecular weight excluding hydrogens is 176 g/mol. The van der Waals surface area contributed by atoms with Crippen LogP contribution in [0.4, 0.5) is 0 Å². The summed E-state index contributed by atoms with van der Waals surface area (Å²) in [7, 11) is 0. The van der Waals surface area contributed by atoms with Crippen LogP contribution in [0.1, 0.15) is 19.4 Å². The molecule has 0 aliphatic rings. The van der Waals surface area contributed by atoms with E-state index in [0.717, 1.165) is 5.56 Å². The van der Waals surface area contributed by atoms with Crippen molar-refractivity contribution in [2.45, 2.75) is 20.3 Å². The summed E-state index contributed by atoms with van der Waals surface area (Å²) in [6, 6.07) is 9.76. The van der Waals surface area contributed by atoms with Crippen LogP contribution < -0.4 is 0 Å². The van der Waals surface area contributed by atoms with E-state index in [4.69, 9.17) is 5.11 Å². The second-order valence-electron chi connectivity index (χ2n) is 3.88. The first kappa shape index (κ1) is 10.8. The van der Waals surface area contributed by atoms with E-state index < -0.39 is 5.97 Å². The molecule has 0 fully saturated rings. The predicted octanol–water partition coefficient (Wildman–Crippen LogP) is 2.59. The topological polar surface area (TPSA) is 37.3 Å². The molecule has 0 unspecified atom stereocenters. The number of carboxylic acid groups (broad SMARTS) is 1. The molecule has 0 aromatic heterocycles. The summed E-state index contributed by atoms with van der Waals surface area (Å²) in [6.45, 7) is 3.89. The molecule has 0 bridgehead atoms. The molecule has 1 aromatic carbocycles. The van der Waals surface area contributed by atoms with Gasteiger partial charge in [-0.3, -0.25) is 4.79 Å². The lowest BCUT2D eigenvalue weighted by Crippen LogP contribution is -2.22. The lowest BCUT2D eigenvalue weighted by atomic mass is 9.89. The Labute approximate surface area is 84.6 Å². The molecule has 0 amide bonds. The molecule has 1 aromatic rings. The van der Waals surface area contributed by atoms with Crippen molar-refractivity contribution < 1.29 is 9.90 Å². The Bertz CT molecular complexity index is 290. The Morgan fingerprint density at radius 2 is 1.86 bits per heavy atom. The van der Waals surface area contributed by atoms with Gasteiger partial charge in [-0.2, -0.15) is 0 Å². The largest absolute Gasteiger partial charge is 0.481 e. The third kappa shape index (κ3) is 2.87. The van der Waals surface area contributed by atoms with Gasteiger partial charge in [0.05, 0.1) is 5.92 Å². The highest BCUT2D eigenvalue weighted by Crippen LogP contribution is 2.17. The number of hydrogen-bond donors (Lipinski definition) is 1. The van der Waals surface area contributed by atoms with Gasteiger partial charge < -0.3 is 5.11 Å². The van der Waals surface area contributed by atoms with Gasteiger partial charge in [-0.25, -0.2) is 0 Å². The van der Waals surface area contributed by atoms with Crippen molar-refractivity contribution in [3.8, 4) is 0 Å². The molecule has 2 heteroatoms. The summed E-state index contributed by atoms with van der Waals surface area (Å²) < 4.78 is 0. The molecule has 76 valence electrons. The van der Waals surface area contributed by atoms with Crippen LogP contribution in [-0.4, -0.2) is 11.1 Å². The van der Waals surface area contributed by atoms with Gasteiger partial charge in [0.1, 0.15) is 0 Å². The van der Waals surface area contributed by atoms with E-state index in [1.165, 1.54) is 0 Å². The maximum atomic E-state index is 10.9. The first-order valence-electron chi connectivity index (χ1n) is 4.88. The molecule has 1 N–H and O–H groups in total. The molecule has 0 aliphatic carbocycles. The normalized spacial score (nSPS) is 12.8. The van der Waals surface area contributed by atoms with E-state index in [1.807, 2.05) is 44.2 Å². The van der Waals surface area contributed by atoms with Gasteiger partial charge in [0.2, 0.25) is 0 Å². The lowest BCUT2D eigenvalue weighted by molar-refractivity contribution is -0.143. The highest BCUT2D eigenvalue weighted by Gasteiger charge is 2.21. The van der Waals surface area contributed by atoms with Gasteiger partial charge in [-0.15, -0.1) is 0 Å². The van der Waals surface area contributed by atoms with Crippen molar-refractivity contribution in [3.63, 3.8) is 0 Å². The van der Waals surface area contributed by atoms with Crippen molar-refractivity contribution in [1.29, 1.82) is 0 Å². The minimum Gasteiger partial charge on any atom is -0.481 e. The Balaban J connectivity index is 2.70. The first-order chi connectivity index (χ1) is 6.61. The maximum absolute atomic E-state index is 10.9. The Hall–Kier alpha value is -1.31. The maximum Gasteiger partial charge on any atom is 0.307 e. The number of rotatable bonds is 4. The number of hydrogen-bond acceptors (Lipinski definition) is 1. The average Bonchev–Trinajstić information content (AvgIpc) is 2.15. The zero-order valence-corrected chi connectivity index (χ0v) is 8.60. The van der Waals surface area contributed by atoms with Crippen molar-refractivity contribution >= 4 is 5.97 Å². The third-order valence-corrected chi connectivity index (χ3v) is 2.42. The van der Waals surface area contributed by atoms with Gasteiger partial charge in [0.25, 0.3) is 0 Å². The summed E-state index contributed by atoms with van der Waals surface area (Å²) in [5.74, 6) is -0.811. The van der Waals surface area contributed by atoms with Gasteiger partial charge in [0, 0.05) is 0 Å². The van der Waals surface area contributed by atoms with E-state index in [-0.39, 0.29) is 11.8 Å². The number of benzene rings is 1. The van der Waals surface area contributed by atoms with Crippen LogP contribution >= 0.6 is 0 Å². The standard InChI is InChI=1S/C12H16O2/c1-9(2)11(12(13)14)8-10-6-4-3-5-7-10/h3-7,9,11H,8H2,1-2H3,(H,13,14)/t11-/m1/s1. The van der Waals surface area contributed by atoms with Gasteiger partial charge in [-0.05, 0) is 17.9 Å². The molecule has 1 atom stereocenters. The van der Waals surface area contributed by atoms with Crippen molar-refractivity contribution in [3.05, 3.63) is 35.9 Å². The Morgan fingerprint density at radius 3 is 2.29 bits per heavy atom. The molecule has 0 heterocycles. The molecule has 2 nitrogen and oxygen atoms in total. The minimum absolute atomic E-state index is 0.174. The van der Waals surface area contributed by atoms with Gasteiger partial charge in [-0.1, -0.05) is 44.2 Å². The number of aliphatic carboxylic acids is 1. The molecule has 0 radical (unpaired) electrons. The smallest absolute Gasteiger partial charge is 0.307 e. The van der Waals surface area contributed by atoms with Crippen LogP contribution in [0.2, 0.25) is 0 Å². The van der Waals surface area contributed by atoms with Crippen LogP contribution in [0.3, 0.4) is 0 Å². The molecule has 0 saturated heterocycles. The third-order valence-electron chi connectivity index (χ3n) is 2.42. The van der Waals surface area contributed by atoms with E-state index in [1.54, 1.807) is 0 Å². The van der Waals surface area contributed by atoms with Crippen molar-refractivity contribution in [1.82, 2.24) is 0 Å². The van der Waals surface area contributed by atoms with Gasteiger partial charge in [0.15, 0.2) is 0 Å². The zero-order valence-electron chi connectivity index (χ0n) is 8.60. The molecular formula is C12H16O2. The summed E-state index contributed by atoms with van der Waals surface area (Å²) in [5.41, 5.74) is 1.09. The van der Waals surface area contributed by atoms with Crippen molar-refractivity contribution in [2.75, 3.05) is 0 Å². The Kier molecular flexibility index (Phi) is 3.69. The fraction of sp³-hybridized carbons (Fsp3) is 0.417. The fourth-order valence-corrected chi connectivity index (χ4v) is 1.48. The van der Waals surface area contributed by atoms with Crippen LogP contribution in [0, 0.1) is 11.8 Å². The van der Waals surface area contributed by atoms with Crippen LogP contribution in [-0.2, 0) is 11.2 Å². The fourth-order valence-electron chi connectivity index (χ4n) is 1.48. The second-order valence-corrected chi connectivity index (χ2v) is 3.88. The summed E-state index contributed by atoms with van der Waals surface area (Å²) >= 11 is 0. The summed E-state index contributed by atoms with van der Waals surface area (Å²) in [6.07, 6.45) is 0.619. The van der Waals surface area contributed by atoms with Crippen LogP contribution in [0.25, 0.3) is 0 Å². The molecule has 0 spiro atoms. The minimum atomic E-state index is -0.705. The van der Waals surface area contributed by atoms with Gasteiger partial charge >= 0.3 is 5.97 Å². The SMILES string of the molecule is CC(C)[C@@H](Cc1ccccc1)C(=O)O.